The van der Waals surface area contributed by atoms with Crippen LogP contribution >= 0.6 is 0 Å². The number of anilines is 1. The summed E-state index contributed by atoms with van der Waals surface area (Å²) in [5.74, 6) is 0.662. The van der Waals surface area contributed by atoms with E-state index in [0.29, 0.717) is 23.3 Å². The molecule has 1 aliphatic heterocycles. The van der Waals surface area contributed by atoms with Gasteiger partial charge in [-0.3, -0.25) is 4.79 Å². The Labute approximate surface area is 124 Å². The fourth-order valence-corrected chi connectivity index (χ4v) is 3.05. The van der Waals surface area contributed by atoms with Gasteiger partial charge in [0.25, 0.3) is 0 Å². The van der Waals surface area contributed by atoms with E-state index < -0.39 is 0 Å². The van der Waals surface area contributed by atoms with Crippen LogP contribution < -0.4 is 10.3 Å². The molecule has 0 atom stereocenters. The minimum Gasteiger partial charge on any atom is -0.440 e. The van der Waals surface area contributed by atoms with Gasteiger partial charge >= 0.3 is 0 Å². The standard InChI is InChI=1S/C17H21NO3/c1-12-9-13(5-8-19)17-14(10-12)15(20)11-16(21-17)18-6-3-2-4-7-18/h9-11,19H,2-8H2,1H3. The Bertz CT molecular complexity index is 699. The van der Waals surface area contributed by atoms with Crippen molar-refractivity contribution in [1.82, 2.24) is 0 Å². The number of fused-ring (bicyclic) bond motifs is 1. The molecule has 0 aliphatic carbocycles. The Hall–Kier alpha value is -1.81. The first kappa shape index (κ1) is 14.1. The number of aryl methyl sites for hydroxylation is 1. The van der Waals surface area contributed by atoms with Crippen molar-refractivity contribution in [2.75, 3.05) is 24.6 Å². The maximum absolute atomic E-state index is 12.4. The number of piperidine rings is 1. The zero-order valence-electron chi connectivity index (χ0n) is 12.4. The third-order valence-electron chi connectivity index (χ3n) is 4.09. The van der Waals surface area contributed by atoms with Gasteiger partial charge in [0.1, 0.15) is 5.58 Å². The fourth-order valence-electron chi connectivity index (χ4n) is 3.05. The summed E-state index contributed by atoms with van der Waals surface area (Å²) in [6.07, 6.45) is 4.02. The number of hydrogen-bond acceptors (Lipinski definition) is 4. The van der Waals surface area contributed by atoms with Crippen molar-refractivity contribution >= 4 is 16.9 Å². The molecule has 0 saturated carbocycles. The lowest BCUT2D eigenvalue weighted by Gasteiger charge is -2.27. The third kappa shape index (κ3) is 2.81. The minimum atomic E-state index is -0.000265. The molecule has 2 aromatic rings. The quantitative estimate of drug-likeness (QED) is 0.943. The van der Waals surface area contributed by atoms with Gasteiger partial charge in [-0.1, -0.05) is 6.07 Å². The van der Waals surface area contributed by atoms with E-state index in [2.05, 4.69) is 4.90 Å². The summed E-state index contributed by atoms with van der Waals surface area (Å²) in [5.41, 5.74) is 2.55. The van der Waals surface area contributed by atoms with Crippen molar-refractivity contribution in [3.8, 4) is 0 Å². The molecule has 21 heavy (non-hydrogen) atoms. The molecule has 0 amide bonds. The number of hydrogen-bond donors (Lipinski definition) is 1. The molecule has 0 unspecified atom stereocenters. The van der Waals surface area contributed by atoms with Crippen LogP contribution in [0.25, 0.3) is 11.0 Å². The summed E-state index contributed by atoms with van der Waals surface area (Å²) in [6.45, 7) is 3.89. The van der Waals surface area contributed by atoms with E-state index in [9.17, 15) is 9.90 Å². The highest BCUT2D eigenvalue weighted by Crippen LogP contribution is 2.26. The fraction of sp³-hybridized carbons (Fsp3) is 0.471. The van der Waals surface area contributed by atoms with E-state index in [1.54, 1.807) is 6.07 Å². The molecule has 4 nitrogen and oxygen atoms in total. The molecule has 0 spiro atoms. The second-order valence-corrected chi connectivity index (χ2v) is 5.77. The van der Waals surface area contributed by atoms with E-state index in [1.165, 1.54) is 6.42 Å². The van der Waals surface area contributed by atoms with Gasteiger partial charge in [-0.15, -0.1) is 0 Å². The summed E-state index contributed by atoms with van der Waals surface area (Å²) >= 11 is 0. The Morgan fingerprint density at radius 2 is 1.95 bits per heavy atom. The summed E-state index contributed by atoms with van der Waals surface area (Å²) in [7, 11) is 0. The zero-order valence-corrected chi connectivity index (χ0v) is 12.4. The molecule has 1 saturated heterocycles. The van der Waals surface area contributed by atoms with Gasteiger partial charge in [-0.05, 0) is 49.8 Å². The molecule has 1 fully saturated rings. The molecule has 1 aliphatic rings. The summed E-state index contributed by atoms with van der Waals surface area (Å²) < 4.78 is 6.04. The molecule has 0 bridgehead atoms. The van der Waals surface area contributed by atoms with Gasteiger partial charge < -0.3 is 14.4 Å². The van der Waals surface area contributed by atoms with Crippen LogP contribution in [-0.2, 0) is 6.42 Å². The molecular formula is C17H21NO3. The molecule has 1 aromatic carbocycles. The average molecular weight is 287 g/mol. The van der Waals surface area contributed by atoms with Crippen LogP contribution in [-0.4, -0.2) is 24.8 Å². The van der Waals surface area contributed by atoms with Crippen molar-refractivity contribution in [1.29, 1.82) is 0 Å². The van der Waals surface area contributed by atoms with Gasteiger partial charge in [-0.2, -0.15) is 0 Å². The van der Waals surface area contributed by atoms with Crippen LogP contribution in [0.1, 0.15) is 30.4 Å². The number of aliphatic hydroxyl groups excluding tert-OH is 1. The monoisotopic (exact) mass is 287 g/mol. The van der Waals surface area contributed by atoms with Crippen LogP contribution in [0.3, 0.4) is 0 Å². The predicted molar refractivity (Wildman–Crippen MR) is 84.1 cm³/mol. The predicted octanol–water partition coefficient (Wildman–Crippen LogP) is 2.63. The number of rotatable bonds is 3. The highest BCUT2D eigenvalue weighted by Gasteiger charge is 2.16. The van der Waals surface area contributed by atoms with Crippen molar-refractivity contribution in [2.45, 2.75) is 32.6 Å². The lowest BCUT2D eigenvalue weighted by atomic mass is 10.0. The molecule has 1 N–H and O–H groups in total. The van der Waals surface area contributed by atoms with Crippen molar-refractivity contribution in [3.05, 3.63) is 39.5 Å². The SMILES string of the molecule is Cc1cc(CCO)c2oc(N3CCCCC3)cc(=O)c2c1. The topological polar surface area (TPSA) is 53.7 Å². The normalized spacial score (nSPS) is 15.6. The maximum atomic E-state index is 12.4. The van der Waals surface area contributed by atoms with E-state index in [1.807, 2.05) is 19.1 Å². The lowest BCUT2D eigenvalue weighted by molar-refractivity contribution is 0.299. The summed E-state index contributed by atoms with van der Waals surface area (Å²) in [5, 5.41) is 9.84. The van der Waals surface area contributed by atoms with Crippen LogP contribution in [0.15, 0.2) is 27.4 Å². The zero-order chi connectivity index (χ0) is 14.8. The number of aliphatic hydroxyl groups is 1. The van der Waals surface area contributed by atoms with Gasteiger partial charge in [-0.25, -0.2) is 0 Å². The first-order valence-electron chi connectivity index (χ1n) is 7.62. The second-order valence-electron chi connectivity index (χ2n) is 5.77. The Balaban J connectivity index is 2.14. The maximum Gasteiger partial charge on any atom is 0.199 e. The third-order valence-corrected chi connectivity index (χ3v) is 4.09. The molecular weight excluding hydrogens is 266 g/mol. The summed E-state index contributed by atoms with van der Waals surface area (Å²) in [6, 6.07) is 5.46. The van der Waals surface area contributed by atoms with E-state index in [4.69, 9.17) is 4.42 Å². The summed E-state index contributed by atoms with van der Waals surface area (Å²) in [4.78, 5) is 14.5. The minimum absolute atomic E-state index is 0.000265. The van der Waals surface area contributed by atoms with Crippen molar-refractivity contribution < 1.29 is 9.52 Å². The molecule has 2 heterocycles. The van der Waals surface area contributed by atoms with Crippen molar-refractivity contribution in [2.24, 2.45) is 0 Å². The second kappa shape index (κ2) is 5.90. The molecule has 3 rings (SSSR count). The van der Waals surface area contributed by atoms with Gasteiger partial charge in [0.2, 0.25) is 0 Å². The van der Waals surface area contributed by atoms with Crippen LogP contribution in [0, 0.1) is 6.92 Å². The first-order valence-corrected chi connectivity index (χ1v) is 7.62. The Morgan fingerprint density at radius 3 is 2.67 bits per heavy atom. The molecule has 0 radical (unpaired) electrons. The molecule has 112 valence electrons. The average Bonchev–Trinajstić information content (AvgIpc) is 2.49. The van der Waals surface area contributed by atoms with Gasteiger partial charge in [0.05, 0.1) is 5.39 Å². The molecule has 4 heteroatoms. The number of benzene rings is 1. The van der Waals surface area contributed by atoms with Crippen LogP contribution in [0.2, 0.25) is 0 Å². The largest absolute Gasteiger partial charge is 0.440 e. The Kier molecular flexibility index (Phi) is 3.97. The van der Waals surface area contributed by atoms with Crippen LogP contribution in [0.5, 0.6) is 0 Å². The van der Waals surface area contributed by atoms with E-state index in [0.717, 1.165) is 37.1 Å². The van der Waals surface area contributed by atoms with E-state index >= 15 is 0 Å². The highest BCUT2D eigenvalue weighted by molar-refractivity contribution is 5.81. The lowest BCUT2D eigenvalue weighted by Crippen LogP contribution is -2.30. The van der Waals surface area contributed by atoms with E-state index in [-0.39, 0.29) is 12.0 Å². The van der Waals surface area contributed by atoms with Crippen LogP contribution in [0.4, 0.5) is 5.88 Å². The smallest absolute Gasteiger partial charge is 0.199 e. The Morgan fingerprint density at radius 1 is 1.19 bits per heavy atom. The van der Waals surface area contributed by atoms with Gasteiger partial charge in [0, 0.05) is 25.8 Å². The first-order chi connectivity index (χ1) is 10.2. The van der Waals surface area contributed by atoms with Gasteiger partial charge in [0.15, 0.2) is 11.3 Å². The van der Waals surface area contributed by atoms with Crippen molar-refractivity contribution in [3.63, 3.8) is 0 Å². The molecule has 1 aromatic heterocycles. The highest BCUT2D eigenvalue weighted by atomic mass is 16.4. The number of nitrogens with zero attached hydrogens (tertiary/aromatic N) is 1.